The maximum atomic E-state index is 12.1. The van der Waals surface area contributed by atoms with E-state index in [0.29, 0.717) is 12.1 Å². The number of rotatable bonds is 5. The van der Waals surface area contributed by atoms with Crippen LogP contribution < -0.4 is 5.32 Å². The smallest absolute Gasteiger partial charge is 0.253 e. The van der Waals surface area contributed by atoms with Gasteiger partial charge in [-0.25, -0.2) is 0 Å². The van der Waals surface area contributed by atoms with Crippen LogP contribution in [0.3, 0.4) is 0 Å². The van der Waals surface area contributed by atoms with Gasteiger partial charge in [-0.3, -0.25) is 14.7 Å². The molecule has 1 aromatic heterocycles. The highest BCUT2D eigenvalue weighted by atomic mass is 16.1. The first kappa shape index (κ1) is 17.6. The number of pyridine rings is 1. The molecule has 3 rings (SSSR count). The van der Waals surface area contributed by atoms with E-state index in [4.69, 9.17) is 0 Å². The summed E-state index contributed by atoms with van der Waals surface area (Å²) in [5, 5.41) is 2.95. The normalized spacial score (nSPS) is 15.9. The highest BCUT2D eigenvalue weighted by molar-refractivity contribution is 5.93. The van der Waals surface area contributed by atoms with E-state index in [1.54, 1.807) is 12.3 Å². The van der Waals surface area contributed by atoms with Gasteiger partial charge in [-0.1, -0.05) is 31.2 Å². The van der Waals surface area contributed by atoms with E-state index in [-0.39, 0.29) is 5.91 Å². The summed E-state index contributed by atoms with van der Waals surface area (Å²) in [5.74, 6) is 0.782. The second kappa shape index (κ2) is 8.26. The molecule has 0 saturated carbocycles. The molecule has 1 saturated heterocycles. The lowest BCUT2D eigenvalue weighted by molar-refractivity contribution is 0.0950. The molecule has 1 fully saturated rings. The van der Waals surface area contributed by atoms with Crippen molar-refractivity contribution in [3.63, 3.8) is 0 Å². The van der Waals surface area contributed by atoms with Gasteiger partial charge in [0, 0.05) is 25.0 Å². The Bertz CT molecular complexity index is 686. The standard InChI is InChI=1S/C21H27N3O/c1-16-9-11-24(12-10-16)15-19-6-4-18(5-7-19)13-23-21(25)20-8-3-17(2)22-14-20/h3-8,14,16H,9-13,15H2,1-2H3,(H,23,25). The highest BCUT2D eigenvalue weighted by Gasteiger charge is 2.15. The fraction of sp³-hybridized carbons (Fsp3) is 0.429. The summed E-state index contributed by atoms with van der Waals surface area (Å²) >= 11 is 0. The predicted molar refractivity (Wildman–Crippen MR) is 100 cm³/mol. The van der Waals surface area contributed by atoms with Gasteiger partial charge in [0.2, 0.25) is 0 Å². The first-order valence-corrected chi connectivity index (χ1v) is 9.11. The lowest BCUT2D eigenvalue weighted by atomic mass is 9.99. The highest BCUT2D eigenvalue weighted by Crippen LogP contribution is 2.18. The molecule has 2 aromatic rings. The van der Waals surface area contributed by atoms with E-state index < -0.39 is 0 Å². The van der Waals surface area contributed by atoms with Crippen molar-refractivity contribution in [2.45, 2.75) is 39.8 Å². The molecule has 25 heavy (non-hydrogen) atoms. The van der Waals surface area contributed by atoms with Gasteiger partial charge in [0.25, 0.3) is 5.91 Å². The average molecular weight is 337 g/mol. The van der Waals surface area contributed by atoms with Crippen LogP contribution in [0.1, 0.15) is 46.9 Å². The van der Waals surface area contributed by atoms with Crippen LogP contribution in [0.4, 0.5) is 0 Å². The molecular formula is C21H27N3O. The number of benzene rings is 1. The van der Waals surface area contributed by atoms with Crippen molar-refractivity contribution in [2.75, 3.05) is 13.1 Å². The molecule has 0 radical (unpaired) electrons. The Balaban J connectivity index is 1.49. The maximum absolute atomic E-state index is 12.1. The third-order valence-corrected chi connectivity index (χ3v) is 4.93. The van der Waals surface area contributed by atoms with Crippen LogP contribution in [0.25, 0.3) is 0 Å². The number of amides is 1. The van der Waals surface area contributed by atoms with Crippen molar-refractivity contribution in [2.24, 2.45) is 5.92 Å². The number of piperidine rings is 1. The van der Waals surface area contributed by atoms with Crippen LogP contribution >= 0.6 is 0 Å². The number of aryl methyl sites for hydroxylation is 1. The average Bonchev–Trinajstić information content (AvgIpc) is 2.63. The summed E-state index contributed by atoms with van der Waals surface area (Å²) in [6, 6.07) is 12.2. The molecule has 1 N–H and O–H groups in total. The Hall–Kier alpha value is -2.20. The van der Waals surface area contributed by atoms with E-state index in [1.165, 1.54) is 31.5 Å². The first-order valence-electron chi connectivity index (χ1n) is 9.11. The molecule has 1 aliphatic heterocycles. The monoisotopic (exact) mass is 337 g/mol. The van der Waals surface area contributed by atoms with Gasteiger partial charge in [-0.2, -0.15) is 0 Å². The molecular weight excluding hydrogens is 310 g/mol. The fourth-order valence-corrected chi connectivity index (χ4v) is 3.13. The van der Waals surface area contributed by atoms with Gasteiger partial charge < -0.3 is 5.32 Å². The van der Waals surface area contributed by atoms with Crippen molar-refractivity contribution in [1.82, 2.24) is 15.2 Å². The molecule has 1 aliphatic rings. The number of likely N-dealkylation sites (tertiary alicyclic amines) is 1. The minimum absolute atomic E-state index is 0.0842. The molecule has 0 aliphatic carbocycles. The van der Waals surface area contributed by atoms with Gasteiger partial charge in [0.1, 0.15) is 0 Å². The zero-order chi connectivity index (χ0) is 17.6. The summed E-state index contributed by atoms with van der Waals surface area (Å²) in [6.07, 6.45) is 4.23. The summed E-state index contributed by atoms with van der Waals surface area (Å²) in [6.45, 7) is 8.20. The molecule has 1 amide bonds. The van der Waals surface area contributed by atoms with E-state index in [2.05, 4.69) is 46.4 Å². The molecule has 0 bridgehead atoms. The summed E-state index contributed by atoms with van der Waals surface area (Å²) in [5.41, 5.74) is 3.97. The zero-order valence-electron chi connectivity index (χ0n) is 15.2. The third-order valence-electron chi connectivity index (χ3n) is 4.93. The SMILES string of the molecule is Cc1ccc(C(=O)NCc2ccc(CN3CCC(C)CC3)cc2)cn1. The van der Waals surface area contributed by atoms with Gasteiger partial charge in [0.15, 0.2) is 0 Å². The molecule has 1 aromatic carbocycles. The summed E-state index contributed by atoms with van der Waals surface area (Å²) in [4.78, 5) is 18.8. The molecule has 4 nitrogen and oxygen atoms in total. The van der Waals surface area contributed by atoms with Crippen LogP contribution in [0.2, 0.25) is 0 Å². The number of hydrogen-bond acceptors (Lipinski definition) is 3. The summed E-state index contributed by atoms with van der Waals surface area (Å²) < 4.78 is 0. The number of nitrogens with one attached hydrogen (secondary N) is 1. The van der Waals surface area contributed by atoms with Gasteiger partial charge in [0.05, 0.1) is 5.56 Å². The Morgan fingerprint density at radius 2 is 1.80 bits per heavy atom. The minimum atomic E-state index is -0.0842. The van der Waals surface area contributed by atoms with Crippen molar-refractivity contribution in [3.05, 3.63) is 65.0 Å². The van der Waals surface area contributed by atoms with Crippen molar-refractivity contribution in [1.29, 1.82) is 0 Å². The lowest BCUT2D eigenvalue weighted by Crippen LogP contribution is -2.32. The number of carbonyl (C=O) groups excluding carboxylic acids is 1. The van der Waals surface area contributed by atoms with E-state index >= 15 is 0 Å². The summed E-state index contributed by atoms with van der Waals surface area (Å²) in [7, 11) is 0. The molecule has 0 spiro atoms. The topological polar surface area (TPSA) is 45.2 Å². The second-order valence-corrected chi connectivity index (χ2v) is 7.15. The maximum Gasteiger partial charge on any atom is 0.253 e. The van der Waals surface area contributed by atoms with Crippen molar-refractivity contribution >= 4 is 5.91 Å². The van der Waals surface area contributed by atoms with Crippen LogP contribution in [-0.4, -0.2) is 28.9 Å². The fourth-order valence-electron chi connectivity index (χ4n) is 3.13. The quantitative estimate of drug-likeness (QED) is 0.907. The number of nitrogens with zero attached hydrogens (tertiary/aromatic N) is 2. The van der Waals surface area contributed by atoms with E-state index in [0.717, 1.165) is 23.7 Å². The van der Waals surface area contributed by atoms with E-state index in [1.807, 2.05) is 13.0 Å². The van der Waals surface area contributed by atoms with Gasteiger partial charge in [-0.15, -0.1) is 0 Å². The van der Waals surface area contributed by atoms with Gasteiger partial charge in [-0.05, 0) is 62.0 Å². The second-order valence-electron chi connectivity index (χ2n) is 7.15. The zero-order valence-corrected chi connectivity index (χ0v) is 15.2. The molecule has 0 atom stereocenters. The van der Waals surface area contributed by atoms with Crippen LogP contribution in [-0.2, 0) is 13.1 Å². The molecule has 0 unspecified atom stereocenters. The van der Waals surface area contributed by atoms with Gasteiger partial charge >= 0.3 is 0 Å². The first-order chi connectivity index (χ1) is 12.1. The van der Waals surface area contributed by atoms with Crippen molar-refractivity contribution in [3.8, 4) is 0 Å². The van der Waals surface area contributed by atoms with Crippen LogP contribution in [0, 0.1) is 12.8 Å². The largest absolute Gasteiger partial charge is 0.348 e. The molecule has 2 heterocycles. The lowest BCUT2D eigenvalue weighted by Gasteiger charge is -2.30. The Labute approximate surface area is 150 Å². The minimum Gasteiger partial charge on any atom is -0.348 e. The predicted octanol–water partition coefficient (Wildman–Crippen LogP) is 3.55. The third kappa shape index (κ3) is 5.13. The molecule has 132 valence electrons. The Morgan fingerprint density at radius 1 is 1.12 bits per heavy atom. The van der Waals surface area contributed by atoms with Crippen LogP contribution in [0.5, 0.6) is 0 Å². The van der Waals surface area contributed by atoms with Crippen molar-refractivity contribution < 1.29 is 4.79 Å². The van der Waals surface area contributed by atoms with Crippen LogP contribution in [0.15, 0.2) is 42.6 Å². The number of carbonyl (C=O) groups is 1. The number of hydrogen-bond donors (Lipinski definition) is 1. The van der Waals surface area contributed by atoms with E-state index in [9.17, 15) is 4.79 Å². The number of aromatic nitrogens is 1. The Kier molecular flexibility index (Phi) is 5.82. The molecule has 4 heteroatoms. The Morgan fingerprint density at radius 3 is 2.44 bits per heavy atom.